The Labute approximate surface area is 171 Å². The van der Waals surface area contributed by atoms with Crippen molar-refractivity contribution in [2.75, 3.05) is 16.9 Å². The molecular formula is C20H19ClF3N3O2. The zero-order valence-corrected chi connectivity index (χ0v) is 16.5. The highest BCUT2D eigenvalue weighted by molar-refractivity contribution is 6.41. The maximum absolute atomic E-state index is 13.0. The number of ether oxygens (including phenoxy) is 1. The van der Waals surface area contributed by atoms with Crippen LogP contribution >= 0.6 is 11.6 Å². The lowest BCUT2D eigenvalue weighted by molar-refractivity contribution is -0.137. The predicted octanol–water partition coefficient (Wildman–Crippen LogP) is 5.10. The van der Waals surface area contributed by atoms with Gasteiger partial charge in [-0.25, -0.2) is 4.79 Å². The maximum atomic E-state index is 13.0. The second kappa shape index (κ2) is 8.32. The van der Waals surface area contributed by atoms with Crippen LogP contribution in [0.4, 0.5) is 24.5 Å². The smallest absolute Gasteiger partial charge is 0.416 e. The molecule has 0 saturated carbocycles. The number of nitrogens with one attached hydrogen (secondary N) is 1. The molecule has 1 unspecified atom stereocenters. The molecule has 0 aromatic heterocycles. The Bertz CT molecular complexity index is 947. The molecule has 0 saturated heterocycles. The first-order valence-electron chi connectivity index (χ1n) is 8.97. The van der Waals surface area contributed by atoms with E-state index in [4.69, 9.17) is 16.3 Å². The first kappa shape index (κ1) is 21.0. The van der Waals surface area contributed by atoms with Crippen LogP contribution in [0.15, 0.2) is 47.6 Å². The van der Waals surface area contributed by atoms with E-state index in [1.165, 1.54) is 0 Å². The van der Waals surface area contributed by atoms with Crippen LogP contribution in [-0.2, 0) is 22.1 Å². The molecule has 0 spiro atoms. The fourth-order valence-electron chi connectivity index (χ4n) is 3.18. The number of esters is 1. The third-order valence-corrected chi connectivity index (χ3v) is 4.80. The van der Waals surface area contributed by atoms with E-state index in [1.807, 2.05) is 31.2 Å². The minimum absolute atomic E-state index is 0.0415. The summed E-state index contributed by atoms with van der Waals surface area (Å²) < 4.78 is 44.1. The highest BCUT2D eigenvalue weighted by Gasteiger charge is 2.34. The zero-order chi connectivity index (χ0) is 21.2. The molecule has 1 atom stereocenters. The number of rotatable bonds is 3. The van der Waals surface area contributed by atoms with Crippen molar-refractivity contribution in [2.45, 2.75) is 32.5 Å². The summed E-state index contributed by atoms with van der Waals surface area (Å²) >= 11 is 6.01. The predicted molar refractivity (Wildman–Crippen MR) is 106 cm³/mol. The van der Waals surface area contributed by atoms with Crippen LogP contribution in [-0.4, -0.2) is 24.5 Å². The summed E-state index contributed by atoms with van der Waals surface area (Å²) in [6, 6.07) is 10.3. The van der Waals surface area contributed by atoms with Crippen LogP contribution < -0.4 is 10.3 Å². The lowest BCUT2D eigenvalue weighted by Gasteiger charge is -2.25. The minimum Gasteiger partial charge on any atom is -0.460 e. The molecule has 3 rings (SSSR count). The van der Waals surface area contributed by atoms with Gasteiger partial charge in [0.1, 0.15) is 0 Å². The number of fused-ring (bicyclic) bond motifs is 1. The number of carbonyl (C=O) groups is 1. The van der Waals surface area contributed by atoms with Gasteiger partial charge in [0.25, 0.3) is 0 Å². The normalized spacial score (nSPS) is 16.6. The number of hydrazone groups is 1. The molecule has 9 heteroatoms. The van der Waals surface area contributed by atoms with E-state index in [0.717, 1.165) is 29.4 Å². The second-order valence-electron chi connectivity index (χ2n) is 6.51. The average Bonchev–Trinajstić information content (AvgIpc) is 2.98. The fourth-order valence-corrected chi connectivity index (χ4v) is 3.34. The SMILES string of the molecule is CCOC(=O)/C(=N/Nc1cc(C(F)(F)F)ccc1Cl)N1c2ccccc2CC1C. The van der Waals surface area contributed by atoms with Gasteiger partial charge < -0.3 is 9.64 Å². The number of alkyl halides is 3. The van der Waals surface area contributed by atoms with Crippen molar-refractivity contribution in [3.63, 3.8) is 0 Å². The lowest BCUT2D eigenvalue weighted by atomic mass is 10.1. The highest BCUT2D eigenvalue weighted by Crippen LogP contribution is 2.35. The molecule has 29 heavy (non-hydrogen) atoms. The van der Waals surface area contributed by atoms with E-state index in [-0.39, 0.29) is 29.2 Å². The maximum Gasteiger partial charge on any atom is 0.416 e. The Hall–Kier alpha value is -2.74. The average molecular weight is 426 g/mol. The Morgan fingerprint density at radius 1 is 1.31 bits per heavy atom. The monoisotopic (exact) mass is 425 g/mol. The molecule has 1 aliphatic heterocycles. The van der Waals surface area contributed by atoms with Crippen molar-refractivity contribution >= 4 is 34.8 Å². The van der Waals surface area contributed by atoms with Crippen molar-refractivity contribution in [2.24, 2.45) is 5.10 Å². The Kier molecular flexibility index (Phi) is 6.02. The van der Waals surface area contributed by atoms with E-state index in [2.05, 4.69) is 10.5 Å². The number of hydrogen-bond donors (Lipinski definition) is 1. The van der Waals surface area contributed by atoms with Gasteiger partial charge in [-0.3, -0.25) is 5.43 Å². The molecule has 0 radical (unpaired) electrons. The van der Waals surface area contributed by atoms with E-state index < -0.39 is 17.7 Å². The molecule has 1 aliphatic rings. The molecule has 1 heterocycles. The van der Waals surface area contributed by atoms with Crippen LogP contribution in [0.25, 0.3) is 0 Å². The van der Waals surface area contributed by atoms with E-state index in [1.54, 1.807) is 11.8 Å². The van der Waals surface area contributed by atoms with E-state index in [9.17, 15) is 18.0 Å². The van der Waals surface area contributed by atoms with Crippen LogP contribution in [0.5, 0.6) is 0 Å². The van der Waals surface area contributed by atoms with Gasteiger partial charge in [-0.05, 0) is 50.1 Å². The van der Waals surface area contributed by atoms with Crippen molar-refractivity contribution in [1.29, 1.82) is 0 Å². The second-order valence-corrected chi connectivity index (χ2v) is 6.92. The summed E-state index contributed by atoms with van der Waals surface area (Å²) in [6.07, 6.45) is -3.84. The third kappa shape index (κ3) is 4.48. The van der Waals surface area contributed by atoms with Gasteiger partial charge >= 0.3 is 12.1 Å². The summed E-state index contributed by atoms with van der Waals surface area (Å²) in [4.78, 5) is 14.3. The van der Waals surface area contributed by atoms with Crippen molar-refractivity contribution in [3.05, 3.63) is 58.6 Å². The number of para-hydroxylation sites is 1. The number of anilines is 2. The van der Waals surface area contributed by atoms with Gasteiger partial charge in [0, 0.05) is 11.7 Å². The lowest BCUT2D eigenvalue weighted by Crippen LogP contribution is -2.42. The Balaban J connectivity index is 1.99. The fraction of sp³-hybridized carbons (Fsp3) is 0.300. The summed E-state index contributed by atoms with van der Waals surface area (Å²) in [5.74, 6) is -0.746. The van der Waals surface area contributed by atoms with E-state index in [0.29, 0.717) is 6.42 Å². The molecule has 2 aromatic carbocycles. The van der Waals surface area contributed by atoms with E-state index >= 15 is 0 Å². The molecule has 0 aliphatic carbocycles. The van der Waals surface area contributed by atoms with Gasteiger partial charge in [-0.15, -0.1) is 5.10 Å². The van der Waals surface area contributed by atoms with Gasteiger partial charge in [-0.1, -0.05) is 29.8 Å². The molecule has 0 bridgehead atoms. The van der Waals surface area contributed by atoms with Gasteiger partial charge in [0.05, 0.1) is 22.9 Å². The van der Waals surface area contributed by atoms with Crippen molar-refractivity contribution in [3.8, 4) is 0 Å². The quantitative estimate of drug-likeness (QED) is 0.322. The summed E-state index contributed by atoms with van der Waals surface area (Å²) in [5.41, 5.74) is 3.39. The van der Waals surface area contributed by atoms with Crippen LogP contribution in [0.2, 0.25) is 5.02 Å². The van der Waals surface area contributed by atoms with Crippen molar-refractivity contribution < 1.29 is 22.7 Å². The van der Waals surface area contributed by atoms with Gasteiger partial charge in [-0.2, -0.15) is 13.2 Å². The number of carbonyl (C=O) groups excluding carboxylic acids is 1. The molecule has 5 nitrogen and oxygen atoms in total. The van der Waals surface area contributed by atoms with Gasteiger partial charge in [0.2, 0.25) is 5.84 Å². The molecule has 0 amide bonds. The van der Waals surface area contributed by atoms with Crippen LogP contribution in [0, 0.1) is 0 Å². The van der Waals surface area contributed by atoms with Crippen LogP contribution in [0.3, 0.4) is 0 Å². The summed E-state index contributed by atoms with van der Waals surface area (Å²) in [5, 5.41) is 4.14. The molecule has 1 N–H and O–H groups in total. The minimum atomic E-state index is -4.53. The Morgan fingerprint density at radius 2 is 2.03 bits per heavy atom. The Morgan fingerprint density at radius 3 is 2.72 bits per heavy atom. The highest BCUT2D eigenvalue weighted by atomic mass is 35.5. The van der Waals surface area contributed by atoms with Crippen LogP contribution in [0.1, 0.15) is 25.0 Å². The van der Waals surface area contributed by atoms with Gasteiger partial charge in [0.15, 0.2) is 0 Å². The summed E-state index contributed by atoms with van der Waals surface area (Å²) in [6.45, 7) is 3.71. The number of amidine groups is 1. The zero-order valence-electron chi connectivity index (χ0n) is 15.8. The molecule has 2 aromatic rings. The largest absolute Gasteiger partial charge is 0.460 e. The standard InChI is InChI=1S/C20H19ClF3N3O2/c1-3-29-19(28)18(27-12(2)10-13-6-4-5-7-17(13)27)26-25-16-11-14(20(22,23)24)8-9-15(16)21/h4-9,11-12,25H,3,10H2,1-2H3/b26-18-. The number of halogens is 4. The first-order chi connectivity index (χ1) is 13.7. The third-order valence-electron chi connectivity index (χ3n) is 4.47. The number of nitrogens with zero attached hydrogens (tertiary/aromatic N) is 2. The number of benzene rings is 2. The van der Waals surface area contributed by atoms with Crippen molar-refractivity contribution in [1.82, 2.24) is 0 Å². The molecule has 0 fully saturated rings. The topological polar surface area (TPSA) is 53.9 Å². The molecular weight excluding hydrogens is 407 g/mol. The first-order valence-corrected chi connectivity index (χ1v) is 9.35. The molecule has 154 valence electrons. The number of hydrogen-bond acceptors (Lipinski definition) is 4. The summed E-state index contributed by atoms with van der Waals surface area (Å²) in [7, 11) is 0.